The fourth-order valence-electron chi connectivity index (χ4n) is 3.55. The third-order valence-corrected chi connectivity index (χ3v) is 4.68. The van der Waals surface area contributed by atoms with E-state index in [9.17, 15) is 4.79 Å². The van der Waals surface area contributed by atoms with Crippen molar-refractivity contribution in [3.05, 3.63) is 34.9 Å². The summed E-state index contributed by atoms with van der Waals surface area (Å²) in [5.41, 5.74) is 3.98. The van der Waals surface area contributed by atoms with E-state index in [4.69, 9.17) is 0 Å². The summed E-state index contributed by atoms with van der Waals surface area (Å²) in [5, 5.41) is 6.44. The minimum atomic E-state index is 0.106. The first-order valence-corrected chi connectivity index (χ1v) is 9.92. The first-order valence-electron chi connectivity index (χ1n) is 9.92. The van der Waals surface area contributed by atoms with Gasteiger partial charge in [0.1, 0.15) is 0 Å². The van der Waals surface area contributed by atoms with E-state index in [1.165, 1.54) is 16.7 Å². The summed E-state index contributed by atoms with van der Waals surface area (Å²) in [4.78, 5) is 20.8. The van der Waals surface area contributed by atoms with E-state index in [0.717, 1.165) is 45.1 Å². The fraction of sp³-hybridized carbons (Fsp3) is 0.619. The van der Waals surface area contributed by atoms with Gasteiger partial charge in [0.15, 0.2) is 5.96 Å². The van der Waals surface area contributed by atoms with Crippen molar-refractivity contribution in [1.29, 1.82) is 0 Å². The summed E-state index contributed by atoms with van der Waals surface area (Å²) < 4.78 is 0. The average molecular weight is 374 g/mol. The smallest absolute Gasteiger partial charge is 0.234 e. The summed E-state index contributed by atoms with van der Waals surface area (Å²) in [5.74, 6) is 1.06. The molecule has 1 saturated heterocycles. The first kappa shape index (κ1) is 21.2. The SMILES string of the molecule is CN=C(NCCc1cc(C)cc(C)c1)N1CCN(CC(=O)NC(C)C)CC1. The minimum Gasteiger partial charge on any atom is -0.356 e. The van der Waals surface area contributed by atoms with Gasteiger partial charge >= 0.3 is 0 Å². The lowest BCUT2D eigenvalue weighted by atomic mass is 10.1. The van der Waals surface area contributed by atoms with Crippen LogP contribution in [0.1, 0.15) is 30.5 Å². The summed E-state index contributed by atoms with van der Waals surface area (Å²) in [6.07, 6.45) is 0.983. The van der Waals surface area contributed by atoms with Crippen molar-refractivity contribution < 1.29 is 4.79 Å². The molecular formula is C21H35N5O. The molecule has 27 heavy (non-hydrogen) atoms. The molecule has 0 saturated carbocycles. The lowest BCUT2D eigenvalue weighted by Crippen LogP contribution is -2.54. The average Bonchev–Trinajstić information content (AvgIpc) is 2.58. The van der Waals surface area contributed by atoms with Crippen LogP contribution in [-0.2, 0) is 11.2 Å². The number of hydrogen-bond donors (Lipinski definition) is 2. The first-order chi connectivity index (χ1) is 12.9. The zero-order chi connectivity index (χ0) is 19.8. The molecule has 0 aromatic heterocycles. The Hall–Kier alpha value is -2.08. The maximum Gasteiger partial charge on any atom is 0.234 e. The van der Waals surface area contributed by atoms with Gasteiger partial charge in [0.2, 0.25) is 5.91 Å². The van der Waals surface area contributed by atoms with Gasteiger partial charge in [-0.2, -0.15) is 0 Å². The summed E-state index contributed by atoms with van der Waals surface area (Å²) in [6.45, 7) is 13.1. The highest BCUT2D eigenvalue weighted by molar-refractivity contribution is 5.80. The molecule has 6 nitrogen and oxygen atoms in total. The molecule has 1 aliphatic heterocycles. The number of carbonyl (C=O) groups excluding carboxylic acids is 1. The molecule has 0 aliphatic carbocycles. The predicted octanol–water partition coefficient (Wildman–Crippen LogP) is 1.56. The van der Waals surface area contributed by atoms with Crippen LogP contribution in [0.3, 0.4) is 0 Å². The van der Waals surface area contributed by atoms with Crippen molar-refractivity contribution in [1.82, 2.24) is 20.4 Å². The number of aryl methyl sites for hydroxylation is 2. The van der Waals surface area contributed by atoms with Crippen LogP contribution in [0, 0.1) is 13.8 Å². The predicted molar refractivity (Wildman–Crippen MR) is 112 cm³/mol. The van der Waals surface area contributed by atoms with E-state index in [1.807, 2.05) is 20.9 Å². The maximum absolute atomic E-state index is 11.9. The van der Waals surface area contributed by atoms with E-state index in [0.29, 0.717) is 6.54 Å². The summed E-state index contributed by atoms with van der Waals surface area (Å²) in [6, 6.07) is 6.90. The monoisotopic (exact) mass is 373 g/mol. The van der Waals surface area contributed by atoms with E-state index in [-0.39, 0.29) is 11.9 Å². The third kappa shape index (κ3) is 7.21. The number of nitrogens with one attached hydrogen (secondary N) is 2. The minimum absolute atomic E-state index is 0.106. The van der Waals surface area contributed by atoms with Crippen LogP contribution in [0.25, 0.3) is 0 Å². The van der Waals surface area contributed by atoms with Crippen molar-refractivity contribution in [2.45, 2.75) is 40.2 Å². The third-order valence-electron chi connectivity index (χ3n) is 4.68. The molecule has 1 aromatic rings. The molecule has 0 unspecified atom stereocenters. The van der Waals surface area contributed by atoms with Crippen LogP contribution in [0.2, 0.25) is 0 Å². The highest BCUT2D eigenvalue weighted by atomic mass is 16.2. The lowest BCUT2D eigenvalue weighted by molar-refractivity contribution is -0.123. The zero-order valence-corrected chi connectivity index (χ0v) is 17.5. The Kier molecular flexibility index (Phi) is 8.10. The molecular weight excluding hydrogens is 338 g/mol. The fourth-order valence-corrected chi connectivity index (χ4v) is 3.55. The molecule has 1 fully saturated rings. The quantitative estimate of drug-likeness (QED) is 0.587. The molecule has 1 aromatic carbocycles. The molecule has 150 valence electrons. The Morgan fingerprint density at radius 2 is 1.74 bits per heavy atom. The van der Waals surface area contributed by atoms with E-state index >= 15 is 0 Å². The second-order valence-corrected chi connectivity index (χ2v) is 7.71. The molecule has 1 heterocycles. The molecule has 0 radical (unpaired) electrons. The van der Waals surface area contributed by atoms with Crippen molar-refractivity contribution in [3.63, 3.8) is 0 Å². The second kappa shape index (κ2) is 10.3. The molecule has 6 heteroatoms. The highest BCUT2D eigenvalue weighted by Crippen LogP contribution is 2.09. The van der Waals surface area contributed by atoms with Gasteiger partial charge in [-0.15, -0.1) is 0 Å². The topological polar surface area (TPSA) is 60.0 Å². The lowest BCUT2D eigenvalue weighted by Gasteiger charge is -2.36. The molecule has 0 spiro atoms. The Balaban J connectivity index is 1.76. The Morgan fingerprint density at radius 1 is 1.11 bits per heavy atom. The molecule has 0 atom stereocenters. The Labute approximate surface area is 164 Å². The van der Waals surface area contributed by atoms with Crippen molar-refractivity contribution in [2.24, 2.45) is 4.99 Å². The van der Waals surface area contributed by atoms with Crippen LogP contribution in [0.4, 0.5) is 0 Å². The number of carbonyl (C=O) groups is 1. The Bertz CT molecular complexity index is 628. The van der Waals surface area contributed by atoms with Gasteiger partial charge in [0, 0.05) is 45.8 Å². The number of nitrogens with zero attached hydrogens (tertiary/aromatic N) is 3. The van der Waals surface area contributed by atoms with Gasteiger partial charge in [-0.3, -0.25) is 14.7 Å². The number of amides is 1. The van der Waals surface area contributed by atoms with Crippen molar-refractivity contribution in [2.75, 3.05) is 46.3 Å². The second-order valence-electron chi connectivity index (χ2n) is 7.71. The number of benzene rings is 1. The molecule has 2 rings (SSSR count). The Morgan fingerprint density at radius 3 is 2.30 bits per heavy atom. The van der Waals surface area contributed by atoms with E-state index in [2.05, 4.69) is 57.5 Å². The van der Waals surface area contributed by atoms with Gasteiger partial charge in [-0.05, 0) is 39.7 Å². The van der Waals surface area contributed by atoms with Crippen LogP contribution in [0.15, 0.2) is 23.2 Å². The van der Waals surface area contributed by atoms with Gasteiger partial charge in [-0.25, -0.2) is 0 Å². The standard InChI is InChI=1S/C21H35N5O/c1-16(2)24-20(27)15-25-8-10-26(11-9-25)21(22-5)23-7-6-19-13-17(3)12-18(4)14-19/h12-14,16H,6-11,15H2,1-5H3,(H,22,23)(H,24,27). The van der Waals surface area contributed by atoms with Crippen LogP contribution < -0.4 is 10.6 Å². The van der Waals surface area contributed by atoms with Gasteiger partial charge < -0.3 is 15.5 Å². The van der Waals surface area contributed by atoms with Crippen LogP contribution >= 0.6 is 0 Å². The molecule has 0 bridgehead atoms. The largest absolute Gasteiger partial charge is 0.356 e. The number of hydrogen-bond acceptors (Lipinski definition) is 3. The summed E-state index contributed by atoms with van der Waals surface area (Å²) >= 11 is 0. The van der Waals surface area contributed by atoms with Gasteiger partial charge in [-0.1, -0.05) is 29.3 Å². The molecule has 1 amide bonds. The molecule has 2 N–H and O–H groups in total. The van der Waals surface area contributed by atoms with E-state index in [1.54, 1.807) is 0 Å². The zero-order valence-electron chi connectivity index (χ0n) is 17.5. The number of aliphatic imine (C=N–C) groups is 1. The van der Waals surface area contributed by atoms with E-state index < -0.39 is 0 Å². The highest BCUT2D eigenvalue weighted by Gasteiger charge is 2.21. The maximum atomic E-state index is 11.9. The van der Waals surface area contributed by atoms with Gasteiger partial charge in [0.25, 0.3) is 0 Å². The van der Waals surface area contributed by atoms with Crippen molar-refractivity contribution >= 4 is 11.9 Å². The van der Waals surface area contributed by atoms with Crippen LogP contribution in [0.5, 0.6) is 0 Å². The van der Waals surface area contributed by atoms with Gasteiger partial charge in [0.05, 0.1) is 6.54 Å². The number of piperazine rings is 1. The van der Waals surface area contributed by atoms with Crippen molar-refractivity contribution in [3.8, 4) is 0 Å². The number of rotatable bonds is 6. The van der Waals surface area contributed by atoms with Crippen LogP contribution in [-0.4, -0.2) is 74.0 Å². The summed E-state index contributed by atoms with van der Waals surface area (Å²) in [7, 11) is 1.83. The number of guanidine groups is 1. The normalized spacial score (nSPS) is 15.9. The molecule has 1 aliphatic rings.